The van der Waals surface area contributed by atoms with Gasteiger partial charge in [0.2, 0.25) is 5.91 Å². The number of hydrogen-bond acceptors (Lipinski definition) is 5. The minimum atomic E-state index is -4.10. The molecule has 3 rings (SSSR count). The van der Waals surface area contributed by atoms with Crippen molar-refractivity contribution >= 4 is 27.3 Å². The summed E-state index contributed by atoms with van der Waals surface area (Å²) in [5.74, 6) is 0.441. The zero-order chi connectivity index (χ0) is 24.9. The van der Waals surface area contributed by atoms with Crippen LogP contribution in [0.2, 0.25) is 0 Å². The number of hydrogen-bond donors (Lipinski definition) is 1. The average molecular weight is 483 g/mol. The van der Waals surface area contributed by atoms with Gasteiger partial charge in [-0.25, -0.2) is 8.42 Å². The van der Waals surface area contributed by atoms with Crippen molar-refractivity contribution in [3.05, 3.63) is 77.9 Å². The van der Waals surface area contributed by atoms with Gasteiger partial charge in [-0.2, -0.15) is 0 Å². The molecule has 0 bridgehead atoms. The van der Waals surface area contributed by atoms with Crippen LogP contribution in [0, 0.1) is 6.92 Å². The third kappa shape index (κ3) is 5.34. The number of aryl methyl sites for hydroxylation is 1. The highest BCUT2D eigenvalue weighted by Crippen LogP contribution is 2.36. The van der Waals surface area contributed by atoms with Gasteiger partial charge in [-0.15, -0.1) is 0 Å². The SMILES string of the molecule is COc1ccc(OC)c(N(CC(=O)Nc2c(C)cccc2C(C)C)S(=O)(=O)c2ccccc2)c1. The molecule has 0 fully saturated rings. The Labute approximate surface area is 201 Å². The highest BCUT2D eigenvalue weighted by Gasteiger charge is 2.30. The number of para-hydroxylation sites is 1. The molecule has 34 heavy (non-hydrogen) atoms. The van der Waals surface area contributed by atoms with Crippen LogP contribution < -0.4 is 19.1 Å². The molecule has 180 valence electrons. The predicted molar refractivity (Wildman–Crippen MR) is 134 cm³/mol. The summed E-state index contributed by atoms with van der Waals surface area (Å²) in [6.45, 7) is 5.53. The molecule has 0 spiro atoms. The van der Waals surface area contributed by atoms with Gasteiger partial charge in [0.25, 0.3) is 10.0 Å². The van der Waals surface area contributed by atoms with E-state index < -0.39 is 22.5 Å². The number of rotatable bonds is 9. The molecule has 0 atom stereocenters. The number of amides is 1. The second-order valence-corrected chi connectivity index (χ2v) is 9.97. The first-order valence-electron chi connectivity index (χ1n) is 10.9. The lowest BCUT2D eigenvalue weighted by atomic mass is 9.98. The molecule has 0 radical (unpaired) electrons. The number of ether oxygens (including phenoxy) is 2. The lowest BCUT2D eigenvalue weighted by Crippen LogP contribution is -2.38. The van der Waals surface area contributed by atoms with Crippen molar-refractivity contribution in [1.29, 1.82) is 0 Å². The first kappa shape index (κ1) is 25.1. The summed E-state index contributed by atoms with van der Waals surface area (Å²) < 4.78 is 39.1. The van der Waals surface area contributed by atoms with Crippen LogP contribution in [0.5, 0.6) is 11.5 Å². The van der Waals surface area contributed by atoms with Crippen LogP contribution in [0.3, 0.4) is 0 Å². The molecule has 0 unspecified atom stereocenters. The molecule has 0 aromatic heterocycles. The minimum Gasteiger partial charge on any atom is -0.497 e. The quantitative estimate of drug-likeness (QED) is 0.465. The number of nitrogens with one attached hydrogen (secondary N) is 1. The maximum Gasteiger partial charge on any atom is 0.264 e. The summed E-state index contributed by atoms with van der Waals surface area (Å²) in [5.41, 5.74) is 2.77. The number of anilines is 2. The van der Waals surface area contributed by atoms with Crippen LogP contribution in [0.1, 0.15) is 30.9 Å². The van der Waals surface area contributed by atoms with Crippen LogP contribution in [-0.2, 0) is 14.8 Å². The molecule has 0 heterocycles. The zero-order valence-corrected chi connectivity index (χ0v) is 20.8. The van der Waals surface area contributed by atoms with E-state index in [-0.39, 0.29) is 16.5 Å². The summed E-state index contributed by atoms with van der Waals surface area (Å²) in [4.78, 5) is 13.3. The first-order valence-corrected chi connectivity index (χ1v) is 12.3. The van der Waals surface area contributed by atoms with E-state index in [9.17, 15) is 13.2 Å². The van der Waals surface area contributed by atoms with Gasteiger partial charge in [0.1, 0.15) is 18.0 Å². The molecule has 1 amide bonds. The van der Waals surface area contributed by atoms with Crippen LogP contribution in [-0.4, -0.2) is 35.1 Å². The van der Waals surface area contributed by atoms with Gasteiger partial charge in [0, 0.05) is 11.8 Å². The largest absolute Gasteiger partial charge is 0.497 e. The van der Waals surface area contributed by atoms with Crippen molar-refractivity contribution < 1.29 is 22.7 Å². The summed E-state index contributed by atoms with van der Waals surface area (Å²) >= 11 is 0. The Morgan fingerprint density at radius 2 is 1.68 bits per heavy atom. The predicted octanol–water partition coefficient (Wildman–Crippen LogP) is 4.97. The van der Waals surface area contributed by atoms with Crippen LogP contribution >= 0.6 is 0 Å². The topological polar surface area (TPSA) is 84.9 Å². The van der Waals surface area contributed by atoms with E-state index in [4.69, 9.17) is 9.47 Å². The zero-order valence-electron chi connectivity index (χ0n) is 20.0. The summed E-state index contributed by atoms with van der Waals surface area (Å²) in [7, 11) is -1.17. The monoisotopic (exact) mass is 482 g/mol. The van der Waals surface area contributed by atoms with Crippen molar-refractivity contribution in [2.75, 3.05) is 30.4 Å². The Morgan fingerprint density at radius 3 is 2.29 bits per heavy atom. The first-order chi connectivity index (χ1) is 16.2. The number of benzene rings is 3. The molecular formula is C26H30N2O5S. The highest BCUT2D eigenvalue weighted by molar-refractivity contribution is 7.92. The van der Waals surface area contributed by atoms with E-state index in [2.05, 4.69) is 5.32 Å². The van der Waals surface area contributed by atoms with Gasteiger partial charge in [0.05, 0.1) is 24.8 Å². The number of sulfonamides is 1. The van der Waals surface area contributed by atoms with Crippen molar-refractivity contribution in [3.8, 4) is 11.5 Å². The number of carbonyl (C=O) groups is 1. The van der Waals surface area contributed by atoms with E-state index in [0.717, 1.165) is 15.4 Å². The second kappa shape index (κ2) is 10.6. The number of methoxy groups -OCH3 is 2. The summed E-state index contributed by atoms with van der Waals surface area (Å²) in [6.07, 6.45) is 0. The van der Waals surface area contributed by atoms with Gasteiger partial charge in [-0.1, -0.05) is 50.2 Å². The third-order valence-electron chi connectivity index (χ3n) is 5.46. The second-order valence-electron chi connectivity index (χ2n) is 8.10. The van der Waals surface area contributed by atoms with Crippen molar-refractivity contribution in [2.45, 2.75) is 31.6 Å². The lowest BCUT2D eigenvalue weighted by molar-refractivity contribution is -0.114. The summed E-state index contributed by atoms with van der Waals surface area (Å²) in [6, 6.07) is 18.6. The van der Waals surface area contributed by atoms with Gasteiger partial charge in [0.15, 0.2) is 0 Å². The third-order valence-corrected chi connectivity index (χ3v) is 7.24. The highest BCUT2D eigenvalue weighted by atomic mass is 32.2. The van der Waals surface area contributed by atoms with Crippen molar-refractivity contribution in [3.63, 3.8) is 0 Å². The fourth-order valence-electron chi connectivity index (χ4n) is 3.66. The normalized spacial score (nSPS) is 11.2. The fraction of sp³-hybridized carbons (Fsp3) is 0.269. The van der Waals surface area contributed by atoms with Gasteiger partial charge >= 0.3 is 0 Å². The van der Waals surface area contributed by atoms with Crippen LogP contribution in [0.15, 0.2) is 71.6 Å². The molecule has 3 aromatic rings. The fourth-order valence-corrected chi connectivity index (χ4v) is 5.11. The van der Waals surface area contributed by atoms with Crippen LogP contribution in [0.4, 0.5) is 11.4 Å². The van der Waals surface area contributed by atoms with Gasteiger partial charge in [-0.3, -0.25) is 9.10 Å². The maximum atomic E-state index is 13.7. The molecule has 0 aliphatic heterocycles. The lowest BCUT2D eigenvalue weighted by Gasteiger charge is -2.26. The van der Waals surface area contributed by atoms with E-state index in [1.54, 1.807) is 36.4 Å². The minimum absolute atomic E-state index is 0.0615. The Bertz CT molecular complexity index is 1260. The molecule has 0 saturated carbocycles. The molecule has 7 nitrogen and oxygen atoms in total. The Kier molecular flexibility index (Phi) is 7.83. The van der Waals surface area contributed by atoms with E-state index in [1.807, 2.05) is 39.0 Å². The summed E-state index contributed by atoms with van der Waals surface area (Å²) in [5, 5.41) is 2.93. The number of carbonyl (C=O) groups excluding carboxylic acids is 1. The Morgan fingerprint density at radius 1 is 0.971 bits per heavy atom. The Balaban J connectivity index is 2.07. The van der Waals surface area contributed by atoms with E-state index >= 15 is 0 Å². The standard InChI is InChI=1S/C26H30N2O5S/c1-18(2)22-13-9-10-19(3)26(22)27-25(29)17-28(34(30,31)21-11-7-6-8-12-21)23-16-20(32-4)14-15-24(23)33-5/h6-16,18H,17H2,1-5H3,(H,27,29). The molecule has 3 aromatic carbocycles. The van der Waals surface area contributed by atoms with Crippen molar-refractivity contribution in [2.24, 2.45) is 0 Å². The smallest absolute Gasteiger partial charge is 0.264 e. The molecule has 0 aliphatic carbocycles. The average Bonchev–Trinajstić information content (AvgIpc) is 2.83. The van der Waals surface area contributed by atoms with Crippen molar-refractivity contribution in [1.82, 2.24) is 0 Å². The van der Waals surface area contributed by atoms with Crippen LogP contribution in [0.25, 0.3) is 0 Å². The van der Waals surface area contributed by atoms with E-state index in [1.165, 1.54) is 26.4 Å². The van der Waals surface area contributed by atoms with Gasteiger partial charge < -0.3 is 14.8 Å². The molecule has 0 aliphatic rings. The Hall–Kier alpha value is -3.52. The molecule has 0 saturated heterocycles. The molecule has 1 N–H and O–H groups in total. The van der Waals surface area contributed by atoms with Gasteiger partial charge in [-0.05, 0) is 48.2 Å². The number of nitrogens with zero attached hydrogens (tertiary/aromatic N) is 1. The maximum absolute atomic E-state index is 13.7. The molecular weight excluding hydrogens is 452 g/mol. The van der Waals surface area contributed by atoms with E-state index in [0.29, 0.717) is 17.2 Å². The molecule has 8 heteroatoms.